The molecular formula is C62H39N. The molecule has 1 heteroatoms. The minimum atomic E-state index is -0.536. The molecule has 11 aromatic rings. The maximum atomic E-state index is 5.53. The van der Waals surface area contributed by atoms with E-state index in [-0.39, 0.29) is 0 Å². The Balaban J connectivity index is 1.09. The largest absolute Gasteiger partial charge is 0.248 e. The van der Waals surface area contributed by atoms with Crippen molar-refractivity contribution >= 4 is 21.5 Å². The summed E-state index contributed by atoms with van der Waals surface area (Å²) in [6.45, 7) is 0. The van der Waals surface area contributed by atoms with E-state index < -0.39 is 5.41 Å². The summed E-state index contributed by atoms with van der Waals surface area (Å²) in [4.78, 5) is 5.53. The van der Waals surface area contributed by atoms with Crippen LogP contribution in [0.1, 0.15) is 22.3 Å². The van der Waals surface area contributed by atoms with Crippen molar-refractivity contribution in [1.29, 1.82) is 0 Å². The van der Waals surface area contributed by atoms with E-state index in [1.54, 1.807) is 0 Å². The number of nitrogens with zero attached hydrogens (tertiary/aromatic N) is 1. The lowest BCUT2D eigenvalue weighted by Gasteiger charge is -2.32. The Morgan fingerprint density at radius 3 is 1.32 bits per heavy atom. The van der Waals surface area contributed by atoms with Crippen LogP contribution in [0.2, 0.25) is 0 Å². The first-order chi connectivity index (χ1) is 31.2. The predicted octanol–water partition coefficient (Wildman–Crippen LogP) is 16.1. The molecule has 0 fully saturated rings. The summed E-state index contributed by atoms with van der Waals surface area (Å²) in [5, 5.41) is 5.18. The van der Waals surface area contributed by atoms with Gasteiger partial charge in [0.15, 0.2) is 0 Å². The van der Waals surface area contributed by atoms with Crippen LogP contribution < -0.4 is 0 Å². The number of rotatable bonds is 5. The normalized spacial score (nSPS) is 14.4. The Labute approximate surface area is 367 Å². The monoisotopic (exact) mass is 797 g/mol. The summed E-state index contributed by atoms with van der Waals surface area (Å²) >= 11 is 0. The van der Waals surface area contributed by atoms with Gasteiger partial charge in [0.2, 0.25) is 0 Å². The van der Waals surface area contributed by atoms with Crippen LogP contribution in [0.4, 0.5) is 0 Å². The van der Waals surface area contributed by atoms with Gasteiger partial charge in [-0.05, 0) is 136 Å². The minimum Gasteiger partial charge on any atom is -0.248 e. The second kappa shape index (κ2) is 14.0. The highest BCUT2D eigenvalue weighted by Crippen LogP contribution is 2.65. The molecule has 0 bridgehead atoms. The third-order valence-electron chi connectivity index (χ3n) is 13.6. The lowest BCUT2D eigenvalue weighted by molar-refractivity contribution is 0.802. The maximum absolute atomic E-state index is 5.53. The van der Waals surface area contributed by atoms with E-state index in [0.29, 0.717) is 0 Å². The fourth-order valence-electron chi connectivity index (χ4n) is 11.0. The molecule has 13 rings (SSSR count). The van der Waals surface area contributed by atoms with E-state index in [0.717, 1.165) is 33.6 Å². The highest BCUT2D eigenvalue weighted by molar-refractivity contribution is 6.20. The fraction of sp³-hybridized carbons (Fsp3) is 0.0161. The van der Waals surface area contributed by atoms with Gasteiger partial charge in [-0.2, -0.15) is 0 Å². The molecule has 63 heavy (non-hydrogen) atoms. The van der Waals surface area contributed by atoms with Crippen molar-refractivity contribution < 1.29 is 0 Å². The molecule has 1 heterocycles. The van der Waals surface area contributed by atoms with Crippen molar-refractivity contribution in [2.75, 3.05) is 0 Å². The molecule has 0 aliphatic heterocycles. The van der Waals surface area contributed by atoms with E-state index in [9.17, 15) is 0 Å². The molecule has 10 aromatic carbocycles. The van der Waals surface area contributed by atoms with Crippen molar-refractivity contribution in [1.82, 2.24) is 4.98 Å². The van der Waals surface area contributed by atoms with Crippen LogP contribution in [0.15, 0.2) is 237 Å². The molecule has 1 aromatic heterocycles. The lowest BCUT2D eigenvalue weighted by Crippen LogP contribution is -2.26. The van der Waals surface area contributed by atoms with Gasteiger partial charge in [0.1, 0.15) is 0 Å². The van der Waals surface area contributed by atoms with E-state index in [4.69, 9.17) is 4.98 Å². The standard InChI is InChI=1S/C62H39N/c1-4-18-40(19-5-1)44-34-45(41-20-6-2-7-21-41)36-46(35-44)47-38-58(42-22-8-3-9-23-42)63-59(39-47)43-32-33-51-50-26-14-16-30-55(50)62(57(51)37-43)56-31-17-15-29-54(56)60-52-27-12-10-24-48(52)49-25-11-13-28-53(49)61(60)62/h1-39H. The Morgan fingerprint density at radius 1 is 0.254 bits per heavy atom. The average molecular weight is 798 g/mol. The van der Waals surface area contributed by atoms with Gasteiger partial charge in [-0.1, -0.05) is 200 Å². The summed E-state index contributed by atoms with van der Waals surface area (Å²) in [6, 6.07) is 87.1. The summed E-state index contributed by atoms with van der Waals surface area (Å²) < 4.78 is 0. The Morgan fingerprint density at radius 2 is 0.683 bits per heavy atom. The average Bonchev–Trinajstić information content (AvgIpc) is 3.84. The van der Waals surface area contributed by atoms with Crippen molar-refractivity contribution in [3.05, 3.63) is 259 Å². The van der Waals surface area contributed by atoms with Crippen LogP contribution >= 0.6 is 0 Å². The zero-order chi connectivity index (χ0) is 41.5. The SMILES string of the molecule is c1ccc(-c2cc(-c3ccccc3)cc(-c3cc(-c4ccccc4)nc(-c4ccc5c(c4)C4(c6ccccc6-5)c5ccccc5-c5c4c4ccccc4c4ccccc54)c3)c2)cc1. The van der Waals surface area contributed by atoms with Gasteiger partial charge in [-0.15, -0.1) is 0 Å². The molecule has 1 atom stereocenters. The van der Waals surface area contributed by atoms with Gasteiger partial charge < -0.3 is 0 Å². The molecule has 1 unspecified atom stereocenters. The van der Waals surface area contributed by atoms with Crippen LogP contribution in [-0.2, 0) is 5.41 Å². The highest BCUT2D eigenvalue weighted by Gasteiger charge is 2.53. The number of pyridine rings is 1. The van der Waals surface area contributed by atoms with E-state index in [1.165, 1.54) is 88.3 Å². The molecule has 292 valence electrons. The van der Waals surface area contributed by atoms with Crippen LogP contribution in [0.25, 0.3) is 99.7 Å². The van der Waals surface area contributed by atoms with Gasteiger partial charge in [-0.3, -0.25) is 0 Å². The third-order valence-corrected chi connectivity index (χ3v) is 13.6. The van der Waals surface area contributed by atoms with Gasteiger partial charge in [0.25, 0.3) is 0 Å². The van der Waals surface area contributed by atoms with E-state index >= 15 is 0 Å². The van der Waals surface area contributed by atoms with Gasteiger partial charge in [0, 0.05) is 11.1 Å². The first-order valence-electron chi connectivity index (χ1n) is 21.9. The maximum Gasteiger partial charge on any atom is 0.0732 e. The minimum absolute atomic E-state index is 0.536. The fourth-order valence-corrected chi connectivity index (χ4v) is 11.0. The quantitative estimate of drug-likeness (QED) is 0.158. The topological polar surface area (TPSA) is 12.9 Å². The number of benzene rings is 10. The summed E-state index contributed by atoms with van der Waals surface area (Å²) in [6.07, 6.45) is 0. The zero-order valence-electron chi connectivity index (χ0n) is 34.5. The Hall–Kier alpha value is -8.13. The van der Waals surface area contributed by atoms with Gasteiger partial charge in [-0.25, -0.2) is 4.98 Å². The van der Waals surface area contributed by atoms with Crippen LogP contribution in [0.3, 0.4) is 0 Å². The number of hydrogen-bond acceptors (Lipinski definition) is 1. The first kappa shape index (κ1) is 35.6. The molecule has 1 nitrogen and oxygen atoms in total. The number of fused-ring (bicyclic) bond motifs is 15. The highest BCUT2D eigenvalue weighted by atomic mass is 14.7. The van der Waals surface area contributed by atoms with Crippen LogP contribution in [-0.4, -0.2) is 4.98 Å². The van der Waals surface area contributed by atoms with Gasteiger partial charge in [0.05, 0.1) is 16.8 Å². The predicted molar refractivity (Wildman–Crippen MR) is 263 cm³/mol. The molecule has 2 aliphatic carbocycles. The summed E-state index contributed by atoms with van der Waals surface area (Å²) in [5.41, 5.74) is 21.1. The lowest BCUT2D eigenvalue weighted by atomic mass is 9.69. The van der Waals surface area contributed by atoms with Crippen molar-refractivity contribution in [2.45, 2.75) is 5.41 Å². The molecule has 0 saturated carbocycles. The zero-order valence-corrected chi connectivity index (χ0v) is 34.5. The van der Waals surface area contributed by atoms with E-state index in [1.807, 2.05) is 0 Å². The third kappa shape index (κ3) is 5.33. The number of hydrogen-bond donors (Lipinski definition) is 0. The molecule has 0 saturated heterocycles. The molecule has 0 radical (unpaired) electrons. The van der Waals surface area contributed by atoms with Crippen LogP contribution in [0, 0.1) is 0 Å². The molecule has 0 amide bonds. The Kier molecular flexibility index (Phi) is 7.89. The molecular weight excluding hydrogens is 759 g/mol. The number of aromatic nitrogens is 1. The van der Waals surface area contributed by atoms with E-state index in [2.05, 4.69) is 237 Å². The van der Waals surface area contributed by atoms with Gasteiger partial charge >= 0.3 is 0 Å². The molecule has 1 spiro atoms. The summed E-state index contributed by atoms with van der Waals surface area (Å²) in [5.74, 6) is 0. The van der Waals surface area contributed by atoms with Crippen molar-refractivity contribution in [3.8, 4) is 78.1 Å². The smallest absolute Gasteiger partial charge is 0.0732 e. The summed E-state index contributed by atoms with van der Waals surface area (Å²) in [7, 11) is 0. The first-order valence-corrected chi connectivity index (χ1v) is 21.9. The van der Waals surface area contributed by atoms with Crippen molar-refractivity contribution in [2.24, 2.45) is 0 Å². The Bertz CT molecular complexity index is 3550. The molecule has 0 N–H and O–H groups in total. The molecule has 2 aliphatic rings. The second-order valence-electron chi connectivity index (χ2n) is 17.0. The van der Waals surface area contributed by atoms with Crippen molar-refractivity contribution in [3.63, 3.8) is 0 Å². The van der Waals surface area contributed by atoms with Crippen LogP contribution in [0.5, 0.6) is 0 Å². The second-order valence-corrected chi connectivity index (χ2v) is 17.0.